The third-order valence-corrected chi connectivity index (χ3v) is 3.92. The summed E-state index contributed by atoms with van der Waals surface area (Å²) in [6, 6.07) is 0. The van der Waals surface area contributed by atoms with Gasteiger partial charge in [0.25, 0.3) is 0 Å². The molecule has 4 nitrogen and oxygen atoms in total. The van der Waals surface area contributed by atoms with Crippen LogP contribution in [-0.4, -0.2) is 58.1 Å². The zero-order valence-corrected chi connectivity index (χ0v) is 12.0. The number of nitrogens with zero attached hydrogens (tertiary/aromatic N) is 1. The molecular weight excluding hydrogens is 288 g/mol. The van der Waals surface area contributed by atoms with Gasteiger partial charge in [-0.3, -0.25) is 0 Å². The van der Waals surface area contributed by atoms with E-state index in [1.807, 2.05) is 19.0 Å². The molecule has 0 saturated carbocycles. The molecule has 0 bridgehead atoms. The summed E-state index contributed by atoms with van der Waals surface area (Å²) in [7, 11) is -0.258. The van der Waals surface area contributed by atoms with E-state index in [9.17, 15) is 26.0 Å². The first-order valence-electron chi connectivity index (χ1n) is 5.75. The summed E-state index contributed by atoms with van der Waals surface area (Å²) in [5.41, 5.74) is -3.49. The van der Waals surface area contributed by atoms with Gasteiger partial charge in [0.2, 0.25) is 15.7 Å². The molecule has 1 atom stereocenters. The smallest absolute Gasteiger partial charge is 0.309 e. The molecule has 0 aromatic rings. The maximum Gasteiger partial charge on any atom is 0.422 e. The first-order valence-corrected chi connectivity index (χ1v) is 7.40. The number of hydrogen-bond donors (Lipinski definition) is 1. The van der Waals surface area contributed by atoms with Crippen LogP contribution in [0.25, 0.3) is 0 Å². The van der Waals surface area contributed by atoms with Gasteiger partial charge < -0.3 is 4.90 Å². The van der Waals surface area contributed by atoms with Crippen LogP contribution in [0.15, 0.2) is 0 Å². The molecule has 0 aliphatic heterocycles. The van der Waals surface area contributed by atoms with Crippen molar-refractivity contribution in [2.75, 3.05) is 32.9 Å². The molecule has 0 heterocycles. The minimum Gasteiger partial charge on any atom is -0.309 e. The summed E-state index contributed by atoms with van der Waals surface area (Å²) >= 11 is 0. The van der Waals surface area contributed by atoms with E-state index in [1.165, 1.54) is 0 Å². The molecule has 0 rings (SSSR count). The molecule has 19 heavy (non-hydrogen) atoms. The van der Waals surface area contributed by atoms with Crippen molar-refractivity contribution < 1.29 is 26.0 Å². The topological polar surface area (TPSA) is 49.4 Å². The van der Waals surface area contributed by atoms with Crippen molar-refractivity contribution in [1.29, 1.82) is 0 Å². The Balaban J connectivity index is 4.18. The third-order valence-electron chi connectivity index (χ3n) is 2.54. The van der Waals surface area contributed by atoms with Gasteiger partial charge in [-0.25, -0.2) is 17.5 Å². The van der Waals surface area contributed by atoms with Crippen LogP contribution in [0.1, 0.15) is 19.8 Å². The van der Waals surface area contributed by atoms with E-state index in [1.54, 1.807) is 0 Å². The quantitative estimate of drug-likeness (QED) is 0.546. The molecule has 0 radical (unpaired) electrons. The Morgan fingerprint density at radius 3 is 2.11 bits per heavy atom. The second-order valence-electron chi connectivity index (χ2n) is 4.82. The summed E-state index contributed by atoms with van der Waals surface area (Å²) in [6.45, 7) is 1.11. The van der Waals surface area contributed by atoms with E-state index < -0.39 is 34.0 Å². The molecule has 0 spiro atoms. The fraction of sp³-hybridized carbons (Fsp3) is 1.00. The Bertz CT molecular complexity index is 366. The molecule has 9 heteroatoms. The Kier molecular flexibility index (Phi) is 6.70. The van der Waals surface area contributed by atoms with Gasteiger partial charge in [-0.05, 0) is 34.0 Å². The van der Waals surface area contributed by atoms with Crippen LogP contribution in [0.2, 0.25) is 0 Å². The molecule has 0 aliphatic carbocycles. The minimum atomic E-state index is -5.06. The number of rotatable bonds is 8. The molecule has 0 aromatic heterocycles. The normalized spacial score (nSPS) is 16.6. The summed E-state index contributed by atoms with van der Waals surface area (Å²) in [6.07, 6.45) is -5.65. The summed E-state index contributed by atoms with van der Waals surface area (Å²) < 4.78 is 74.8. The van der Waals surface area contributed by atoms with E-state index in [4.69, 9.17) is 0 Å². The molecule has 116 valence electrons. The molecule has 1 unspecified atom stereocenters. The van der Waals surface area contributed by atoms with Crippen LogP contribution in [-0.2, 0) is 10.0 Å². The Hall–Kier alpha value is -0.410. The summed E-state index contributed by atoms with van der Waals surface area (Å²) in [5.74, 6) is -0.887. The predicted octanol–water partition coefficient (Wildman–Crippen LogP) is 1.54. The van der Waals surface area contributed by atoms with Crippen LogP contribution in [0.5, 0.6) is 0 Å². The van der Waals surface area contributed by atoms with Crippen LogP contribution >= 0.6 is 0 Å². The van der Waals surface area contributed by atoms with Crippen molar-refractivity contribution in [2.45, 2.75) is 31.6 Å². The van der Waals surface area contributed by atoms with Crippen molar-refractivity contribution in [3.05, 3.63) is 0 Å². The lowest BCUT2D eigenvalue weighted by molar-refractivity contribution is -0.224. The lowest BCUT2D eigenvalue weighted by Gasteiger charge is -2.23. The first kappa shape index (κ1) is 18.6. The SMILES string of the molecule is CN(C)CCCNS(=O)(=O)CCC(C)(F)C(F)(F)F. The van der Waals surface area contributed by atoms with Gasteiger partial charge in [-0.1, -0.05) is 0 Å². The molecule has 0 aliphatic rings. The molecule has 1 N–H and O–H groups in total. The number of sulfonamides is 1. The highest BCUT2D eigenvalue weighted by Crippen LogP contribution is 2.36. The van der Waals surface area contributed by atoms with Crippen molar-refractivity contribution in [1.82, 2.24) is 9.62 Å². The fourth-order valence-corrected chi connectivity index (χ4v) is 2.41. The van der Waals surface area contributed by atoms with Crippen LogP contribution < -0.4 is 4.72 Å². The monoisotopic (exact) mass is 308 g/mol. The van der Waals surface area contributed by atoms with Gasteiger partial charge in [0, 0.05) is 13.0 Å². The van der Waals surface area contributed by atoms with E-state index in [0.29, 0.717) is 19.9 Å². The number of hydrogen-bond acceptors (Lipinski definition) is 3. The van der Waals surface area contributed by atoms with Crippen molar-refractivity contribution in [3.63, 3.8) is 0 Å². The summed E-state index contributed by atoms with van der Waals surface area (Å²) in [4.78, 5) is 1.84. The number of nitrogens with one attached hydrogen (secondary N) is 1. The average molecular weight is 308 g/mol. The maximum atomic E-state index is 13.2. The molecule has 0 saturated heterocycles. The molecule has 0 fully saturated rings. The number of alkyl halides is 4. The van der Waals surface area contributed by atoms with Crippen LogP contribution in [0.4, 0.5) is 17.6 Å². The molecule has 0 aromatic carbocycles. The number of halogens is 4. The highest BCUT2D eigenvalue weighted by molar-refractivity contribution is 7.89. The van der Waals surface area contributed by atoms with Gasteiger partial charge in [0.05, 0.1) is 5.75 Å². The highest BCUT2D eigenvalue weighted by Gasteiger charge is 2.52. The average Bonchev–Trinajstić information content (AvgIpc) is 2.20. The predicted molar refractivity (Wildman–Crippen MR) is 65.1 cm³/mol. The lowest BCUT2D eigenvalue weighted by Crippen LogP contribution is -2.41. The van der Waals surface area contributed by atoms with Gasteiger partial charge >= 0.3 is 6.18 Å². The van der Waals surface area contributed by atoms with E-state index in [-0.39, 0.29) is 6.54 Å². The van der Waals surface area contributed by atoms with Crippen molar-refractivity contribution in [3.8, 4) is 0 Å². The zero-order chi connectivity index (χ0) is 15.3. The van der Waals surface area contributed by atoms with E-state index in [2.05, 4.69) is 4.72 Å². The third kappa shape index (κ3) is 7.68. The largest absolute Gasteiger partial charge is 0.422 e. The van der Waals surface area contributed by atoms with Crippen LogP contribution in [0, 0.1) is 0 Å². The van der Waals surface area contributed by atoms with Crippen LogP contribution in [0.3, 0.4) is 0 Å². The Morgan fingerprint density at radius 2 is 1.68 bits per heavy atom. The van der Waals surface area contributed by atoms with Gasteiger partial charge in [-0.2, -0.15) is 13.2 Å². The van der Waals surface area contributed by atoms with Crippen molar-refractivity contribution in [2.24, 2.45) is 0 Å². The standard InChI is InChI=1S/C10H20F4N2O2S/c1-9(11,10(12,13)14)5-8-19(17,18)15-6-4-7-16(2)3/h15H,4-8H2,1-3H3. The van der Waals surface area contributed by atoms with Gasteiger partial charge in [0.1, 0.15) is 0 Å². The fourth-order valence-electron chi connectivity index (χ4n) is 1.16. The zero-order valence-electron chi connectivity index (χ0n) is 11.2. The van der Waals surface area contributed by atoms with E-state index >= 15 is 0 Å². The summed E-state index contributed by atoms with van der Waals surface area (Å²) in [5, 5.41) is 0. The Morgan fingerprint density at radius 1 is 1.16 bits per heavy atom. The highest BCUT2D eigenvalue weighted by atomic mass is 32.2. The minimum absolute atomic E-state index is 0.121. The molecular formula is C10H20F4N2O2S. The van der Waals surface area contributed by atoms with E-state index in [0.717, 1.165) is 0 Å². The van der Waals surface area contributed by atoms with Gasteiger partial charge in [0.15, 0.2) is 0 Å². The van der Waals surface area contributed by atoms with Crippen molar-refractivity contribution >= 4 is 10.0 Å². The first-order chi connectivity index (χ1) is 8.37. The maximum absolute atomic E-state index is 13.2. The molecule has 0 amide bonds. The second kappa shape index (κ2) is 6.85. The lowest BCUT2D eigenvalue weighted by atomic mass is 10.1. The second-order valence-corrected chi connectivity index (χ2v) is 6.74. The van der Waals surface area contributed by atoms with Gasteiger partial charge in [-0.15, -0.1) is 0 Å². The Labute approximate surface area is 111 Å².